The molecule has 0 bridgehead atoms. The van der Waals surface area contributed by atoms with E-state index in [-0.39, 0.29) is 46.0 Å². The number of rotatable bonds is 0. The van der Waals surface area contributed by atoms with E-state index in [0.29, 0.717) is 0 Å². The molecule has 0 aliphatic heterocycles. The number of hydrogen-bond acceptors (Lipinski definition) is 0. The molecule has 0 N–H and O–H groups in total. The van der Waals surface area contributed by atoms with Gasteiger partial charge in [0.25, 0.3) is 0 Å². The summed E-state index contributed by atoms with van der Waals surface area (Å²) in [6.07, 6.45) is 0. The largest absolute Gasteiger partial charge is 4.00 e. The van der Waals surface area contributed by atoms with Gasteiger partial charge in [-0.1, -0.05) is 12.1 Å². The first-order valence-electron chi connectivity index (χ1n) is 6.64. The van der Waals surface area contributed by atoms with Crippen LogP contribution >= 0.6 is 0 Å². The van der Waals surface area contributed by atoms with Crippen LogP contribution in [0.2, 0.25) is 0 Å². The van der Waals surface area contributed by atoms with Gasteiger partial charge in [0.1, 0.15) is 0 Å². The minimum Gasteiger partial charge on any atom is -1.00 e. The number of halogens is 1. The van der Waals surface area contributed by atoms with Gasteiger partial charge in [-0.3, -0.25) is 0 Å². The topological polar surface area (TPSA) is 0 Å². The minimum atomic E-state index is 0. The molecule has 0 amide bonds. The van der Waals surface area contributed by atoms with Gasteiger partial charge in [-0.05, 0) is 0 Å². The molecule has 0 saturated carbocycles. The molecule has 0 radical (unpaired) electrons. The monoisotopic (exact) mass is 398 g/mol. The van der Waals surface area contributed by atoms with E-state index in [9.17, 15) is 0 Å². The SMILES string of the molecule is C=C.[CH3-].[Cl-].[Zr+4].c1ccc2[cH-]ccc2c1.c1ccc2[cH-]ccc2c1. The van der Waals surface area contributed by atoms with Crippen LogP contribution in [0.1, 0.15) is 0 Å². The maximum Gasteiger partial charge on any atom is 4.00 e. The molecule has 116 valence electrons. The first-order chi connectivity index (χ1) is 9.93. The predicted molar refractivity (Wildman–Crippen MR) is 96.8 cm³/mol. The average molecular weight is 400 g/mol. The fourth-order valence-electron chi connectivity index (χ4n) is 2.14. The van der Waals surface area contributed by atoms with Crippen molar-refractivity contribution < 1.29 is 38.6 Å². The Hall–Kier alpha value is -1.43. The van der Waals surface area contributed by atoms with Crippen LogP contribution < -0.4 is 12.4 Å². The first kappa shape index (κ1) is 23.8. The standard InChI is InChI=1S/2C9H7.C2H4.CH3.ClH.Zr/c2*1-2-5-9-7-3-6-8(9)4-1;1-2;;;/h2*1-7H;1-2H2;1H3;1H;/q2*-1;;-1;;+4/p-1. The maximum atomic E-state index is 3.00. The zero-order chi connectivity index (χ0) is 14.2. The molecule has 0 nitrogen and oxygen atoms in total. The Morgan fingerprint density at radius 3 is 1.30 bits per heavy atom. The van der Waals surface area contributed by atoms with Crippen LogP contribution in [-0.2, 0) is 26.2 Å². The van der Waals surface area contributed by atoms with Gasteiger partial charge in [0.2, 0.25) is 0 Å². The Morgan fingerprint density at radius 2 is 0.957 bits per heavy atom. The van der Waals surface area contributed by atoms with Crippen molar-refractivity contribution in [3.63, 3.8) is 0 Å². The molecule has 0 aliphatic carbocycles. The summed E-state index contributed by atoms with van der Waals surface area (Å²) in [5.74, 6) is 0. The molecule has 0 fully saturated rings. The summed E-state index contributed by atoms with van der Waals surface area (Å²) in [7, 11) is 0. The summed E-state index contributed by atoms with van der Waals surface area (Å²) in [5, 5.41) is 5.32. The number of benzene rings is 2. The van der Waals surface area contributed by atoms with Crippen LogP contribution in [0.3, 0.4) is 0 Å². The molecular weight excluding hydrogens is 379 g/mol. The normalized spacial score (nSPS) is 8.17. The Bertz CT molecular complexity index is 641. The molecule has 2 heteroatoms. The fourth-order valence-corrected chi connectivity index (χ4v) is 2.14. The van der Waals surface area contributed by atoms with Crippen molar-refractivity contribution in [1.82, 2.24) is 0 Å². The van der Waals surface area contributed by atoms with Crippen molar-refractivity contribution in [2.75, 3.05) is 0 Å². The van der Waals surface area contributed by atoms with Crippen molar-refractivity contribution in [3.05, 3.63) is 106 Å². The van der Waals surface area contributed by atoms with Crippen molar-refractivity contribution in [3.8, 4) is 0 Å². The summed E-state index contributed by atoms with van der Waals surface area (Å²) in [5.41, 5.74) is 0. The molecule has 23 heavy (non-hydrogen) atoms. The van der Waals surface area contributed by atoms with Crippen LogP contribution in [0, 0.1) is 7.43 Å². The summed E-state index contributed by atoms with van der Waals surface area (Å²) in [6, 6.07) is 29.3. The number of hydrogen-bond donors (Lipinski definition) is 0. The van der Waals surface area contributed by atoms with Gasteiger partial charge in [-0.25, -0.2) is 0 Å². The van der Waals surface area contributed by atoms with Gasteiger partial charge in [0.15, 0.2) is 0 Å². The molecule has 4 aromatic rings. The van der Waals surface area contributed by atoms with Crippen LogP contribution in [0.5, 0.6) is 0 Å². The van der Waals surface area contributed by atoms with E-state index in [1.165, 1.54) is 21.5 Å². The summed E-state index contributed by atoms with van der Waals surface area (Å²) < 4.78 is 0. The van der Waals surface area contributed by atoms with Crippen molar-refractivity contribution in [2.45, 2.75) is 0 Å². The van der Waals surface area contributed by atoms with Gasteiger partial charge < -0.3 is 19.8 Å². The van der Waals surface area contributed by atoms with E-state index in [2.05, 4.69) is 98.1 Å². The molecule has 4 aromatic carbocycles. The summed E-state index contributed by atoms with van der Waals surface area (Å²) in [4.78, 5) is 0. The van der Waals surface area contributed by atoms with E-state index in [1.807, 2.05) is 0 Å². The molecule has 0 spiro atoms. The van der Waals surface area contributed by atoms with Crippen LogP contribution in [0.25, 0.3) is 21.5 Å². The quantitative estimate of drug-likeness (QED) is 0.314. The average Bonchev–Trinajstić information content (AvgIpc) is 3.18. The zero-order valence-corrected chi connectivity index (χ0v) is 16.6. The maximum absolute atomic E-state index is 3.00. The third-order valence-corrected chi connectivity index (χ3v) is 3.10. The van der Waals surface area contributed by atoms with Gasteiger partial charge in [-0.2, -0.15) is 35.0 Å². The second-order valence-electron chi connectivity index (χ2n) is 4.31. The van der Waals surface area contributed by atoms with Gasteiger partial charge in [-0.15, -0.1) is 72.5 Å². The third-order valence-electron chi connectivity index (χ3n) is 3.10. The van der Waals surface area contributed by atoms with Crippen molar-refractivity contribution >= 4 is 21.5 Å². The van der Waals surface area contributed by atoms with Crippen LogP contribution in [0.4, 0.5) is 0 Å². The molecule has 0 atom stereocenters. The molecule has 0 aliphatic rings. The Morgan fingerprint density at radius 1 is 0.609 bits per heavy atom. The van der Waals surface area contributed by atoms with E-state index in [0.717, 1.165) is 0 Å². The fraction of sp³-hybridized carbons (Fsp3) is 0. The molecule has 0 saturated heterocycles. The first-order valence-corrected chi connectivity index (χ1v) is 6.64. The van der Waals surface area contributed by atoms with Crippen molar-refractivity contribution in [2.24, 2.45) is 0 Å². The second kappa shape index (κ2) is 13.1. The summed E-state index contributed by atoms with van der Waals surface area (Å²) >= 11 is 0. The summed E-state index contributed by atoms with van der Waals surface area (Å²) in [6.45, 7) is 6.00. The predicted octanol–water partition coefficient (Wildman–Crippen LogP) is 3.37. The van der Waals surface area contributed by atoms with E-state index >= 15 is 0 Å². The molecule has 4 rings (SSSR count). The molecular formula is C21H21ClZr. The van der Waals surface area contributed by atoms with E-state index in [1.54, 1.807) is 0 Å². The third kappa shape index (κ3) is 6.69. The Balaban J connectivity index is 0. The van der Waals surface area contributed by atoms with Gasteiger partial charge in [0, 0.05) is 0 Å². The van der Waals surface area contributed by atoms with Crippen LogP contribution in [0.15, 0.2) is 98.1 Å². The number of fused-ring (bicyclic) bond motifs is 2. The van der Waals surface area contributed by atoms with Crippen molar-refractivity contribution in [1.29, 1.82) is 0 Å². The van der Waals surface area contributed by atoms with Gasteiger partial charge >= 0.3 is 26.2 Å². The molecule has 0 unspecified atom stereocenters. The minimum absolute atomic E-state index is 0. The van der Waals surface area contributed by atoms with E-state index in [4.69, 9.17) is 0 Å². The second-order valence-corrected chi connectivity index (χ2v) is 4.31. The Kier molecular flexibility index (Phi) is 13.5. The molecule has 0 aromatic heterocycles. The Labute approximate surface area is 165 Å². The smallest absolute Gasteiger partial charge is 1.00 e. The van der Waals surface area contributed by atoms with E-state index < -0.39 is 0 Å². The zero-order valence-electron chi connectivity index (χ0n) is 13.4. The van der Waals surface area contributed by atoms with Crippen LogP contribution in [-0.4, -0.2) is 0 Å². The van der Waals surface area contributed by atoms with Gasteiger partial charge in [0.05, 0.1) is 0 Å². The molecule has 0 heterocycles.